The second-order valence-electron chi connectivity index (χ2n) is 7.42. The van der Waals surface area contributed by atoms with E-state index < -0.39 is 17.9 Å². The first-order chi connectivity index (χ1) is 14.9. The van der Waals surface area contributed by atoms with Gasteiger partial charge in [-0.3, -0.25) is 19.2 Å². The van der Waals surface area contributed by atoms with Gasteiger partial charge in [0.1, 0.15) is 6.04 Å². The number of rotatable bonds is 6. The summed E-state index contributed by atoms with van der Waals surface area (Å²) in [5.41, 5.74) is 2.34. The summed E-state index contributed by atoms with van der Waals surface area (Å²) in [7, 11) is 0. The summed E-state index contributed by atoms with van der Waals surface area (Å²) in [6, 6.07) is 13.3. The maximum Gasteiger partial charge on any atom is 0.254 e. The van der Waals surface area contributed by atoms with E-state index in [2.05, 4.69) is 16.0 Å². The quantitative estimate of drug-likeness (QED) is 0.533. The highest BCUT2D eigenvalue weighted by Gasteiger charge is 2.29. The molecule has 3 N–H and O–H groups in total. The van der Waals surface area contributed by atoms with Crippen LogP contribution in [0.1, 0.15) is 34.1 Å². The zero-order chi connectivity index (χ0) is 22.0. The monoisotopic (exact) mass is 418 g/mol. The molecule has 0 spiro atoms. The summed E-state index contributed by atoms with van der Waals surface area (Å²) in [5, 5.41) is 8.95. The first kappa shape index (κ1) is 20.3. The summed E-state index contributed by atoms with van der Waals surface area (Å²) < 4.78 is 1.92. The van der Waals surface area contributed by atoms with Gasteiger partial charge in [0.2, 0.25) is 11.8 Å². The summed E-state index contributed by atoms with van der Waals surface area (Å²) in [6.45, 7) is 2.31. The average molecular weight is 418 g/mol. The zero-order valence-corrected chi connectivity index (χ0v) is 17.0. The highest BCUT2D eigenvalue weighted by molar-refractivity contribution is 6.10. The highest BCUT2D eigenvalue weighted by atomic mass is 16.2. The molecule has 4 rings (SSSR count). The molecule has 1 atom stereocenters. The lowest BCUT2D eigenvalue weighted by Gasteiger charge is -2.14. The standard InChI is InChI=1S/C23H22N4O4/c1-14(28)17-13-27(20-9-5-3-6-15(17)20)11-10-24-21(29)12-19-23(31)25-18-8-4-2-7-16(18)22(30)26-19/h2-9,13,19H,10-12H2,1H3,(H,24,29)(H,25,31)(H,26,30)/t19-/m0/s1. The second-order valence-corrected chi connectivity index (χ2v) is 7.42. The molecule has 1 aliphatic rings. The topological polar surface area (TPSA) is 109 Å². The fourth-order valence-corrected chi connectivity index (χ4v) is 3.74. The van der Waals surface area contributed by atoms with Crippen molar-refractivity contribution in [2.75, 3.05) is 11.9 Å². The van der Waals surface area contributed by atoms with E-state index in [4.69, 9.17) is 0 Å². The number of anilines is 1. The number of nitrogens with zero attached hydrogens (tertiary/aromatic N) is 1. The number of para-hydroxylation sites is 2. The zero-order valence-electron chi connectivity index (χ0n) is 17.0. The van der Waals surface area contributed by atoms with Gasteiger partial charge in [0, 0.05) is 35.8 Å². The van der Waals surface area contributed by atoms with Gasteiger partial charge in [-0.1, -0.05) is 30.3 Å². The lowest BCUT2D eigenvalue weighted by molar-refractivity contribution is -0.125. The van der Waals surface area contributed by atoms with Gasteiger partial charge in [0.05, 0.1) is 17.7 Å². The van der Waals surface area contributed by atoms with Crippen LogP contribution in [0.3, 0.4) is 0 Å². The molecule has 1 aliphatic heterocycles. The van der Waals surface area contributed by atoms with Crippen LogP contribution < -0.4 is 16.0 Å². The predicted molar refractivity (Wildman–Crippen MR) is 116 cm³/mol. The summed E-state index contributed by atoms with van der Waals surface area (Å²) in [6.07, 6.45) is 1.62. The van der Waals surface area contributed by atoms with Crippen LogP contribution >= 0.6 is 0 Å². The molecule has 2 heterocycles. The number of ketones is 1. The molecule has 3 aromatic rings. The second kappa shape index (κ2) is 8.43. The number of nitrogens with one attached hydrogen (secondary N) is 3. The molecule has 3 amide bonds. The molecule has 1 aromatic heterocycles. The van der Waals surface area contributed by atoms with Crippen LogP contribution in [0.4, 0.5) is 5.69 Å². The van der Waals surface area contributed by atoms with Crippen molar-refractivity contribution in [3.63, 3.8) is 0 Å². The average Bonchev–Trinajstić information content (AvgIpc) is 3.07. The molecule has 8 nitrogen and oxygen atoms in total. The Kier molecular flexibility index (Phi) is 5.53. The van der Waals surface area contributed by atoms with Crippen molar-refractivity contribution in [2.24, 2.45) is 0 Å². The third kappa shape index (κ3) is 4.18. The third-order valence-corrected chi connectivity index (χ3v) is 5.28. The molecular weight excluding hydrogens is 396 g/mol. The van der Waals surface area contributed by atoms with Crippen LogP contribution in [0.5, 0.6) is 0 Å². The fourth-order valence-electron chi connectivity index (χ4n) is 3.74. The van der Waals surface area contributed by atoms with E-state index in [9.17, 15) is 19.2 Å². The van der Waals surface area contributed by atoms with Crippen LogP contribution in [0.2, 0.25) is 0 Å². The maximum absolute atomic E-state index is 12.4. The van der Waals surface area contributed by atoms with E-state index in [1.165, 1.54) is 6.92 Å². The summed E-state index contributed by atoms with van der Waals surface area (Å²) in [4.78, 5) is 49.1. The van der Waals surface area contributed by atoms with E-state index in [1.54, 1.807) is 30.5 Å². The third-order valence-electron chi connectivity index (χ3n) is 5.28. The van der Waals surface area contributed by atoms with Gasteiger partial charge in [-0.05, 0) is 25.1 Å². The van der Waals surface area contributed by atoms with Crippen molar-refractivity contribution in [1.29, 1.82) is 0 Å². The predicted octanol–water partition coefficient (Wildman–Crippen LogP) is 2.10. The molecule has 0 saturated carbocycles. The van der Waals surface area contributed by atoms with E-state index >= 15 is 0 Å². The molecular formula is C23H22N4O4. The minimum absolute atomic E-state index is 0.0184. The molecule has 0 fully saturated rings. The Morgan fingerprint density at radius 1 is 1.06 bits per heavy atom. The molecule has 0 saturated heterocycles. The highest BCUT2D eigenvalue weighted by Crippen LogP contribution is 2.22. The first-order valence-electron chi connectivity index (χ1n) is 10.0. The van der Waals surface area contributed by atoms with E-state index in [-0.39, 0.29) is 18.1 Å². The lowest BCUT2D eigenvalue weighted by Crippen LogP contribution is -2.44. The SMILES string of the molecule is CC(=O)c1cn(CCNC(=O)C[C@@H]2NC(=O)c3ccccc3NC2=O)c2ccccc12. The number of benzene rings is 2. The van der Waals surface area contributed by atoms with Gasteiger partial charge in [-0.2, -0.15) is 0 Å². The number of hydrogen-bond donors (Lipinski definition) is 3. The van der Waals surface area contributed by atoms with Gasteiger partial charge < -0.3 is 20.5 Å². The molecule has 0 aliphatic carbocycles. The van der Waals surface area contributed by atoms with E-state index in [0.29, 0.717) is 29.9 Å². The Hall–Kier alpha value is -3.94. The van der Waals surface area contributed by atoms with Crippen LogP contribution in [0, 0.1) is 0 Å². The number of amides is 3. The van der Waals surface area contributed by atoms with Gasteiger partial charge in [-0.25, -0.2) is 0 Å². The Morgan fingerprint density at radius 3 is 2.61 bits per heavy atom. The largest absolute Gasteiger partial charge is 0.354 e. The van der Waals surface area contributed by atoms with Crippen molar-refractivity contribution >= 4 is 40.1 Å². The van der Waals surface area contributed by atoms with Crippen LogP contribution in [0.15, 0.2) is 54.7 Å². The Balaban J connectivity index is 1.37. The number of Topliss-reactive ketones (excluding diaryl/α,β-unsaturated/α-hetero) is 1. The number of carbonyl (C=O) groups is 4. The summed E-state index contributed by atoms with van der Waals surface area (Å²) >= 11 is 0. The minimum Gasteiger partial charge on any atom is -0.354 e. The smallest absolute Gasteiger partial charge is 0.254 e. The van der Waals surface area contributed by atoms with E-state index in [1.807, 2.05) is 28.8 Å². The Bertz CT molecular complexity index is 1200. The van der Waals surface area contributed by atoms with Gasteiger partial charge in [-0.15, -0.1) is 0 Å². The van der Waals surface area contributed by atoms with Crippen LogP contribution in [0.25, 0.3) is 10.9 Å². The summed E-state index contributed by atoms with van der Waals surface area (Å²) in [5.74, 6) is -1.21. The molecule has 0 radical (unpaired) electrons. The van der Waals surface area contributed by atoms with Crippen LogP contribution in [-0.4, -0.2) is 40.7 Å². The van der Waals surface area contributed by atoms with Gasteiger partial charge in [0.25, 0.3) is 5.91 Å². The molecule has 31 heavy (non-hydrogen) atoms. The van der Waals surface area contributed by atoms with Crippen molar-refractivity contribution in [3.8, 4) is 0 Å². The number of hydrogen-bond acceptors (Lipinski definition) is 4. The van der Waals surface area contributed by atoms with Gasteiger partial charge >= 0.3 is 0 Å². The molecule has 2 aromatic carbocycles. The lowest BCUT2D eigenvalue weighted by atomic mass is 10.1. The van der Waals surface area contributed by atoms with Crippen molar-refractivity contribution < 1.29 is 19.2 Å². The normalized spacial score (nSPS) is 15.6. The minimum atomic E-state index is -0.961. The molecule has 0 bridgehead atoms. The van der Waals surface area contributed by atoms with Crippen molar-refractivity contribution in [3.05, 3.63) is 65.9 Å². The maximum atomic E-state index is 12.4. The first-order valence-corrected chi connectivity index (χ1v) is 10.0. The van der Waals surface area contributed by atoms with Crippen molar-refractivity contribution in [1.82, 2.24) is 15.2 Å². The van der Waals surface area contributed by atoms with E-state index in [0.717, 1.165) is 10.9 Å². The number of aromatic nitrogens is 1. The molecule has 8 heteroatoms. The van der Waals surface area contributed by atoms with Crippen molar-refractivity contribution in [2.45, 2.75) is 25.9 Å². The Morgan fingerprint density at radius 2 is 1.81 bits per heavy atom. The van der Waals surface area contributed by atoms with Gasteiger partial charge in [0.15, 0.2) is 5.78 Å². The fraction of sp³-hybridized carbons (Fsp3) is 0.217. The number of carbonyl (C=O) groups excluding carboxylic acids is 4. The Labute approximate surface area is 178 Å². The number of fused-ring (bicyclic) bond motifs is 2. The molecule has 158 valence electrons. The molecule has 0 unspecified atom stereocenters. The van der Waals surface area contributed by atoms with Crippen LogP contribution in [-0.2, 0) is 16.1 Å².